The molecule has 1 atom stereocenters. The molecule has 0 aromatic heterocycles. The summed E-state index contributed by atoms with van der Waals surface area (Å²) < 4.78 is 13.7. The number of nitrogens with zero attached hydrogens (tertiary/aromatic N) is 1. The van der Waals surface area contributed by atoms with Crippen molar-refractivity contribution in [3.63, 3.8) is 0 Å². The Bertz CT molecular complexity index is 964. The average molecular weight is 437 g/mol. The van der Waals surface area contributed by atoms with Gasteiger partial charge >= 0.3 is 0 Å². The van der Waals surface area contributed by atoms with Gasteiger partial charge in [0, 0.05) is 17.2 Å². The Balaban J connectivity index is 1.66. The molecule has 1 N–H and O–H groups in total. The lowest BCUT2D eigenvalue weighted by Gasteiger charge is -2.36. The summed E-state index contributed by atoms with van der Waals surface area (Å²) in [6.45, 7) is 4.22. The van der Waals surface area contributed by atoms with E-state index in [4.69, 9.17) is 0 Å². The Morgan fingerprint density at radius 1 is 1.09 bits per heavy atom. The molecule has 2 amide bonds. The monoisotopic (exact) mass is 436 g/mol. The highest BCUT2D eigenvalue weighted by Gasteiger charge is 2.37. The zero-order valence-electron chi connectivity index (χ0n) is 19.1. The van der Waals surface area contributed by atoms with E-state index in [1.54, 1.807) is 17.0 Å². The third-order valence-electron chi connectivity index (χ3n) is 7.03. The fourth-order valence-electron chi connectivity index (χ4n) is 5.26. The first-order valence-electron chi connectivity index (χ1n) is 11.9. The summed E-state index contributed by atoms with van der Waals surface area (Å²) in [5.41, 5.74) is 3.47. The topological polar surface area (TPSA) is 49.4 Å². The fourth-order valence-corrected chi connectivity index (χ4v) is 5.26. The summed E-state index contributed by atoms with van der Waals surface area (Å²) in [6, 6.07) is 11.8. The van der Waals surface area contributed by atoms with E-state index < -0.39 is 6.04 Å². The Labute approximate surface area is 190 Å². The van der Waals surface area contributed by atoms with Crippen molar-refractivity contribution in [3.8, 4) is 0 Å². The molecule has 5 heteroatoms. The summed E-state index contributed by atoms with van der Waals surface area (Å²) in [4.78, 5) is 28.3. The zero-order valence-corrected chi connectivity index (χ0v) is 19.1. The van der Waals surface area contributed by atoms with Crippen LogP contribution in [0.3, 0.4) is 0 Å². The van der Waals surface area contributed by atoms with Crippen molar-refractivity contribution in [1.82, 2.24) is 4.90 Å². The maximum absolute atomic E-state index is 13.8. The van der Waals surface area contributed by atoms with Gasteiger partial charge < -0.3 is 10.2 Å². The van der Waals surface area contributed by atoms with E-state index in [9.17, 15) is 14.0 Å². The Morgan fingerprint density at radius 2 is 1.81 bits per heavy atom. The second kappa shape index (κ2) is 9.85. The number of hydrogen-bond acceptors (Lipinski definition) is 2. The maximum atomic E-state index is 13.8. The van der Waals surface area contributed by atoms with Gasteiger partial charge in [0.15, 0.2) is 0 Å². The number of carbonyl (C=O) groups excluding carboxylic acids is 2. The maximum Gasteiger partial charge on any atom is 0.244 e. The first-order valence-corrected chi connectivity index (χ1v) is 11.9. The van der Waals surface area contributed by atoms with E-state index in [2.05, 4.69) is 12.2 Å². The molecule has 2 aliphatic rings. The largest absolute Gasteiger partial charge is 0.324 e. The Kier molecular flexibility index (Phi) is 6.92. The number of aryl methyl sites for hydroxylation is 1. The van der Waals surface area contributed by atoms with Gasteiger partial charge in [0.25, 0.3) is 0 Å². The standard InChI is InChI=1S/C27H33FN2O2/c1-3-4-5-19-7-9-21(10-8-19)27(32)30-17-25(31)29-24-15-6-18(2)16-23(24)26(30)20-11-13-22(28)14-12-20/h6,11-16,19,21,26H,3-5,7-10,17H2,1-2H3,(H,29,31)/t19?,21?,26-/m1/s1. The van der Waals surface area contributed by atoms with Crippen molar-refractivity contribution in [1.29, 1.82) is 0 Å². The number of benzene rings is 2. The van der Waals surface area contributed by atoms with Crippen LogP contribution in [-0.4, -0.2) is 23.3 Å². The molecule has 1 aliphatic carbocycles. The lowest BCUT2D eigenvalue weighted by molar-refractivity contribution is -0.141. The number of amides is 2. The fraction of sp³-hybridized carbons (Fsp3) is 0.481. The summed E-state index contributed by atoms with van der Waals surface area (Å²) in [5.74, 6) is 0.185. The predicted octanol–water partition coefficient (Wildman–Crippen LogP) is 6.00. The summed E-state index contributed by atoms with van der Waals surface area (Å²) >= 11 is 0. The number of hydrogen-bond donors (Lipinski definition) is 1. The molecule has 4 nitrogen and oxygen atoms in total. The van der Waals surface area contributed by atoms with E-state index in [1.165, 1.54) is 31.4 Å². The summed E-state index contributed by atoms with van der Waals surface area (Å²) in [6.07, 6.45) is 7.61. The molecule has 1 saturated carbocycles. The van der Waals surface area contributed by atoms with Gasteiger partial charge in [-0.25, -0.2) is 4.39 Å². The van der Waals surface area contributed by atoms with Crippen molar-refractivity contribution in [2.75, 3.05) is 11.9 Å². The number of rotatable bonds is 5. The molecule has 1 aliphatic heterocycles. The molecule has 0 unspecified atom stereocenters. The third kappa shape index (κ3) is 4.87. The highest BCUT2D eigenvalue weighted by Crippen LogP contribution is 2.39. The number of halogens is 1. The SMILES string of the molecule is CCCCC1CCC(C(=O)N2CC(=O)Nc3ccc(C)cc3[C@H]2c2ccc(F)cc2)CC1. The summed E-state index contributed by atoms with van der Waals surface area (Å²) in [5, 5.41) is 2.97. The molecule has 0 radical (unpaired) electrons. The summed E-state index contributed by atoms with van der Waals surface area (Å²) in [7, 11) is 0. The molecule has 1 fully saturated rings. The van der Waals surface area contributed by atoms with Gasteiger partial charge in [-0.15, -0.1) is 0 Å². The third-order valence-corrected chi connectivity index (χ3v) is 7.03. The van der Waals surface area contributed by atoms with Crippen LogP contribution in [0.4, 0.5) is 10.1 Å². The average Bonchev–Trinajstić information content (AvgIpc) is 2.94. The van der Waals surface area contributed by atoms with E-state index >= 15 is 0 Å². The Hall–Kier alpha value is -2.69. The van der Waals surface area contributed by atoms with Crippen molar-refractivity contribution >= 4 is 17.5 Å². The first kappa shape index (κ1) is 22.5. The van der Waals surface area contributed by atoms with Crippen LogP contribution >= 0.6 is 0 Å². The molecule has 0 saturated heterocycles. The highest BCUT2D eigenvalue weighted by atomic mass is 19.1. The van der Waals surface area contributed by atoms with Crippen LogP contribution in [0.2, 0.25) is 0 Å². The van der Waals surface area contributed by atoms with Gasteiger partial charge in [-0.05, 0) is 62.3 Å². The molecule has 2 aromatic rings. The van der Waals surface area contributed by atoms with Crippen LogP contribution in [-0.2, 0) is 9.59 Å². The minimum atomic E-state index is -0.422. The lowest BCUT2D eigenvalue weighted by atomic mass is 9.79. The molecule has 2 aromatic carbocycles. The van der Waals surface area contributed by atoms with E-state index in [-0.39, 0.29) is 30.1 Å². The number of nitrogens with one attached hydrogen (secondary N) is 1. The number of anilines is 1. The van der Waals surface area contributed by atoms with Gasteiger partial charge in [0.05, 0.1) is 6.04 Å². The number of fused-ring (bicyclic) bond motifs is 1. The van der Waals surface area contributed by atoms with Gasteiger partial charge in [-0.1, -0.05) is 56.0 Å². The molecule has 0 bridgehead atoms. The highest BCUT2D eigenvalue weighted by molar-refractivity contribution is 5.97. The molecule has 32 heavy (non-hydrogen) atoms. The zero-order chi connectivity index (χ0) is 22.7. The van der Waals surface area contributed by atoms with E-state index in [0.717, 1.165) is 42.4 Å². The first-order chi connectivity index (χ1) is 15.5. The van der Waals surface area contributed by atoms with Crippen molar-refractivity contribution in [3.05, 3.63) is 65.0 Å². The predicted molar refractivity (Wildman–Crippen MR) is 125 cm³/mol. The quantitative estimate of drug-likeness (QED) is 0.625. The minimum absolute atomic E-state index is 0.00433. The normalized spacial score (nSPS) is 23.3. The van der Waals surface area contributed by atoms with Crippen LogP contribution in [0.25, 0.3) is 0 Å². The van der Waals surface area contributed by atoms with Crippen molar-refractivity contribution in [2.24, 2.45) is 11.8 Å². The second-order valence-electron chi connectivity index (χ2n) is 9.42. The number of unbranched alkanes of at least 4 members (excludes halogenated alkanes) is 1. The van der Waals surface area contributed by atoms with Gasteiger partial charge in [0.1, 0.15) is 12.4 Å². The molecule has 4 rings (SSSR count). The molecule has 170 valence electrons. The Morgan fingerprint density at radius 3 is 2.50 bits per heavy atom. The van der Waals surface area contributed by atoms with Gasteiger partial charge in [-0.2, -0.15) is 0 Å². The van der Waals surface area contributed by atoms with Crippen LogP contribution in [0.5, 0.6) is 0 Å². The molecule has 1 heterocycles. The minimum Gasteiger partial charge on any atom is -0.324 e. The van der Waals surface area contributed by atoms with Crippen molar-refractivity contribution < 1.29 is 14.0 Å². The van der Waals surface area contributed by atoms with Gasteiger partial charge in [-0.3, -0.25) is 9.59 Å². The van der Waals surface area contributed by atoms with Gasteiger partial charge in [0.2, 0.25) is 11.8 Å². The van der Waals surface area contributed by atoms with E-state index in [1.807, 2.05) is 25.1 Å². The molecular formula is C27H33FN2O2. The van der Waals surface area contributed by atoms with E-state index in [0.29, 0.717) is 11.6 Å². The molecular weight excluding hydrogens is 403 g/mol. The second-order valence-corrected chi connectivity index (χ2v) is 9.42. The smallest absolute Gasteiger partial charge is 0.244 e. The molecule has 0 spiro atoms. The van der Waals surface area contributed by atoms with Crippen LogP contribution in [0.15, 0.2) is 42.5 Å². The number of carbonyl (C=O) groups is 2. The van der Waals surface area contributed by atoms with Crippen molar-refractivity contribution in [2.45, 2.75) is 64.8 Å². The van der Waals surface area contributed by atoms with Crippen LogP contribution in [0, 0.1) is 24.6 Å². The van der Waals surface area contributed by atoms with Crippen LogP contribution in [0.1, 0.15) is 74.6 Å². The lowest BCUT2D eigenvalue weighted by Crippen LogP contribution is -2.43. The van der Waals surface area contributed by atoms with Crippen LogP contribution < -0.4 is 5.32 Å².